The molecule has 27 heavy (non-hydrogen) atoms. The lowest BCUT2D eigenvalue weighted by Crippen LogP contribution is -2.38. The summed E-state index contributed by atoms with van der Waals surface area (Å²) in [6.07, 6.45) is -4.08. The second-order valence-corrected chi connectivity index (χ2v) is 6.48. The van der Waals surface area contributed by atoms with Crippen molar-refractivity contribution in [1.29, 1.82) is 0 Å². The summed E-state index contributed by atoms with van der Waals surface area (Å²) in [7, 11) is 0. The lowest BCUT2D eigenvalue weighted by molar-refractivity contribution is -0.147. The predicted octanol–water partition coefficient (Wildman–Crippen LogP) is 3.77. The first-order valence-electron chi connectivity index (χ1n) is 8.47. The Bertz CT molecular complexity index is 864. The van der Waals surface area contributed by atoms with Crippen LogP contribution in [-0.4, -0.2) is 24.5 Å². The average Bonchev–Trinajstić information content (AvgIpc) is 2.95. The maximum atomic E-state index is 12.7. The number of hydrogen-bond acceptors (Lipinski definition) is 3. The number of benzene rings is 2. The Hall–Kier alpha value is -2.83. The van der Waals surface area contributed by atoms with Crippen LogP contribution in [0.1, 0.15) is 23.6 Å². The molecule has 0 aliphatic carbocycles. The summed E-state index contributed by atoms with van der Waals surface area (Å²) in [5.74, 6) is -1.10. The Kier molecular flexibility index (Phi) is 5.21. The van der Waals surface area contributed by atoms with Gasteiger partial charge in [0, 0.05) is 11.7 Å². The van der Waals surface area contributed by atoms with E-state index in [-0.39, 0.29) is 23.9 Å². The Morgan fingerprint density at radius 2 is 1.89 bits per heavy atom. The topological polar surface area (TPSA) is 46.6 Å². The van der Waals surface area contributed by atoms with Gasteiger partial charge in [-0.15, -0.1) is 0 Å². The molecule has 0 fully saturated rings. The zero-order chi connectivity index (χ0) is 19.6. The minimum atomic E-state index is -4.48. The van der Waals surface area contributed by atoms with Gasteiger partial charge in [-0.3, -0.25) is 9.59 Å². The van der Waals surface area contributed by atoms with Gasteiger partial charge in [-0.05, 0) is 36.6 Å². The predicted molar refractivity (Wildman–Crippen MR) is 93.2 cm³/mol. The second kappa shape index (κ2) is 7.42. The molecule has 0 saturated heterocycles. The van der Waals surface area contributed by atoms with Crippen molar-refractivity contribution in [1.82, 2.24) is 0 Å². The van der Waals surface area contributed by atoms with Crippen LogP contribution >= 0.6 is 0 Å². The van der Waals surface area contributed by atoms with Crippen molar-refractivity contribution in [3.63, 3.8) is 0 Å². The van der Waals surface area contributed by atoms with E-state index < -0.39 is 24.3 Å². The highest BCUT2D eigenvalue weighted by molar-refractivity contribution is 5.97. The summed E-state index contributed by atoms with van der Waals surface area (Å²) >= 11 is 0. The summed E-state index contributed by atoms with van der Waals surface area (Å²) in [5.41, 5.74) is 1.20. The first-order valence-corrected chi connectivity index (χ1v) is 8.47. The SMILES string of the molecule is C[C@H]1Cc2ccccc2N1C(=O)COC(=O)Cc1cccc(C(F)(F)F)c1. The van der Waals surface area contributed by atoms with Gasteiger partial charge >= 0.3 is 12.1 Å². The van der Waals surface area contributed by atoms with Gasteiger partial charge in [0.1, 0.15) is 0 Å². The number of alkyl halides is 3. The number of halogens is 3. The molecule has 7 heteroatoms. The van der Waals surface area contributed by atoms with E-state index in [2.05, 4.69) is 0 Å². The van der Waals surface area contributed by atoms with E-state index in [1.807, 2.05) is 31.2 Å². The van der Waals surface area contributed by atoms with Gasteiger partial charge in [-0.1, -0.05) is 36.4 Å². The highest BCUT2D eigenvalue weighted by Gasteiger charge is 2.32. The standard InChI is InChI=1S/C20H18F3NO3/c1-13-9-15-6-2-3-8-17(15)24(13)18(25)12-27-19(26)11-14-5-4-7-16(10-14)20(21,22)23/h2-8,10,13H,9,11-12H2,1H3/t13-/m0/s1. The van der Waals surface area contributed by atoms with E-state index in [9.17, 15) is 22.8 Å². The Morgan fingerprint density at radius 1 is 1.15 bits per heavy atom. The normalized spacial score (nSPS) is 16.1. The smallest absolute Gasteiger partial charge is 0.416 e. The van der Waals surface area contributed by atoms with E-state index in [1.165, 1.54) is 12.1 Å². The minimum absolute atomic E-state index is 0.0444. The molecule has 1 heterocycles. The molecule has 0 radical (unpaired) electrons. The van der Waals surface area contributed by atoms with Crippen molar-refractivity contribution < 1.29 is 27.5 Å². The second-order valence-electron chi connectivity index (χ2n) is 6.48. The summed E-state index contributed by atoms with van der Waals surface area (Å²) < 4.78 is 43.2. The van der Waals surface area contributed by atoms with Gasteiger partial charge in [0.25, 0.3) is 5.91 Å². The number of ether oxygens (including phenoxy) is 1. The maximum absolute atomic E-state index is 12.7. The number of fused-ring (bicyclic) bond motifs is 1. The number of nitrogens with zero attached hydrogens (tertiary/aromatic N) is 1. The fourth-order valence-corrected chi connectivity index (χ4v) is 3.23. The van der Waals surface area contributed by atoms with Crippen LogP contribution in [0.25, 0.3) is 0 Å². The van der Waals surface area contributed by atoms with Crippen molar-refractivity contribution in [2.24, 2.45) is 0 Å². The molecule has 0 N–H and O–H groups in total. The summed E-state index contributed by atoms with van der Waals surface area (Å²) in [4.78, 5) is 26.0. The largest absolute Gasteiger partial charge is 0.455 e. The van der Waals surface area contributed by atoms with Crippen LogP contribution in [0.4, 0.5) is 18.9 Å². The van der Waals surface area contributed by atoms with Crippen molar-refractivity contribution in [2.75, 3.05) is 11.5 Å². The molecular formula is C20H18F3NO3. The van der Waals surface area contributed by atoms with Gasteiger partial charge in [0.2, 0.25) is 0 Å². The molecule has 1 atom stereocenters. The molecule has 0 unspecified atom stereocenters. The number of esters is 1. The van der Waals surface area contributed by atoms with E-state index in [0.29, 0.717) is 0 Å². The van der Waals surface area contributed by atoms with Crippen LogP contribution in [0.5, 0.6) is 0 Å². The number of carbonyl (C=O) groups is 2. The third-order valence-corrected chi connectivity index (χ3v) is 4.44. The number of rotatable bonds is 4. The lowest BCUT2D eigenvalue weighted by atomic mass is 10.1. The fraction of sp³-hybridized carbons (Fsp3) is 0.300. The van der Waals surface area contributed by atoms with Crippen LogP contribution < -0.4 is 4.90 Å². The quantitative estimate of drug-likeness (QED) is 0.762. The van der Waals surface area contributed by atoms with Crippen LogP contribution in [0.15, 0.2) is 48.5 Å². The van der Waals surface area contributed by atoms with E-state index in [1.54, 1.807) is 4.90 Å². The van der Waals surface area contributed by atoms with E-state index in [0.717, 1.165) is 29.8 Å². The Balaban J connectivity index is 1.59. The van der Waals surface area contributed by atoms with Crippen molar-refractivity contribution in [3.05, 3.63) is 65.2 Å². The van der Waals surface area contributed by atoms with E-state index >= 15 is 0 Å². The van der Waals surface area contributed by atoms with E-state index in [4.69, 9.17) is 4.74 Å². The first kappa shape index (κ1) is 18.9. The molecule has 4 nitrogen and oxygen atoms in total. The average molecular weight is 377 g/mol. The molecule has 0 saturated carbocycles. The zero-order valence-corrected chi connectivity index (χ0v) is 14.6. The highest BCUT2D eigenvalue weighted by Crippen LogP contribution is 2.32. The van der Waals surface area contributed by atoms with Crippen molar-refractivity contribution in [3.8, 4) is 0 Å². The molecule has 0 bridgehead atoms. The molecule has 0 aromatic heterocycles. The molecule has 0 spiro atoms. The summed E-state index contributed by atoms with van der Waals surface area (Å²) in [6.45, 7) is 1.46. The van der Waals surface area contributed by atoms with Crippen LogP contribution in [0.3, 0.4) is 0 Å². The number of hydrogen-bond donors (Lipinski definition) is 0. The highest BCUT2D eigenvalue weighted by atomic mass is 19.4. The Labute approximate surface area is 154 Å². The molecule has 1 amide bonds. The Morgan fingerprint density at radius 3 is 2.63 bits per heavy atom. The first-order chi connectivity index (χ1) is 12.8. The molecular weight excluding hydrogens is 359 g/mol. The van der Waals surface area contributed by atoms with Crippen molar-refractivity contribution >= 4 is 17.6 Å². The fourth-order valence-electron chi connectivity index (χ4n) is 3.23. The van der Waals surface area contributed by atoms with Gasteiger partial charge in [0.15, 0.2) is 6.61 Å². The summed E-state index contributed by atoms with van der Waals surface area (Å²) in [6, 6.07) is 12.0. The number of anilines is 1. The number of carbonyl (C=O) groups excluding carboxylic acids is 2. The van der Waals surface area contributed by atoms with Gasteiger partial charge < -0.3 is 9.64 Å². The van der Waals surface area contributed by atoms with Crippen LogP contribution in [-0.2, 0) is 33.3 Å². The van der Waals surface area contributed by atoms with Crippen LogP contribution in [0.2, 0.25) is 0 Å². The minimum Gasteiger partial charge on any atom is -0.455 e. The van der Waals surface area contributed by atoms with Gasteiger partial charge in [0.05, 0.1) is 12.0 Å². The molecule has 2 aromatic rings. The maximum Gasteiger partial charge on any atom is 0.416 e. The lowest BCUT2D eigenvalue weighted by Gasteiger charge is -2.22. The monoisotopic (exact) mass is 377 g/mol. The molecule has 1 aliphatic rings. The van der Waals surface area contributed by atoms with Gasteiger partial charge in [-0.25, -0.2) is 0 Å². The summed E-state index contributed by atoms with van der Waals surface area (Å²) in [5, 5.41) is 0. The van der Waals surface area contributed by atoms with Crippen molar-refractivity contribution in [2.45, 2.75) is 32.0 Å². The zero-order valence-electron chi connectivity index (χ0n) is 14.6. The van der Waals surface area contributed by atoms with Crippen LogP contribution in [0, 0.1) is 0 Å². The molecule has 142 valence electrons. The molecule has 2 aromatic carbocycles. The third-order valence-electron chi connectivity index (χ3n) is 4.44. The van der Waals surface area contributed by atoms with Gasteiger partial charge in [-0.2, -0.15) is 13.2 Å². The molecule has 1 aliphatic heterocycles. The molecule has 3 rings (SSSR count). The number of para-hydroxylation sites is 1. The number of amides is 1. The third kappa shape index (κ3) is 4.30.